The highest BCUT2D eigenvalue weighted by Gasteiger charge is 2.37. The monoisotopic (exact) mass is 480 g/mol. The van der Waals surface area contributed by atoms with Gasteiger partial charge in [-0.15, -0.1) is 0 Å². The number of hydrogen-bond acceptors (Lipinski definition) is 4. The molecule has 1 unspecified atom stereocenters. The van der Waals surface area contributed by atoms with Crippen molar-refractivity contribution in [3.05, 3.63) is 82.3 Å². The van der Waals surface area contributed by atoms with E-state index in [9.17, 15) is 18.8 Å². The van der Waals surface area contributed by atoms with Crippen LogP contribution in [0, 0.1) is 11.7 Å². The van der Waals surface area contributed by atoms with Gasteiger partial charge in [0.25, 0.3) is 5.91 Å². The molecule has 2 aromatic carbocycles. The Morgan fingerprint density at radius 1 is 1.14 bits per heavy atom. The van der Waals surface area contributed by atoms with E-state index in [4.69, 9.17) is 4.74 Å². The molecule has 3 rings (SSSR count). The van der Waals surface area contributed by atoms with Crippen LogP contribution >= 0.6 is 0 Å². The van der Waals surface area contributed by atoms with Crippen LogP contribution in [0.3, 0.4) is 0 Å². The largest absolute Gasteiger partial charge is 0.463 e. The summed E-state index contributed by atoms with van der Waals surface area (Å²) in [5, 5.41) is 2.91. The SMILES string of the molecule is CCOC(=O)C1=C(C)N(Cc2ccc(C(=O)NCCC(C)C)cc2)C(=O)CC1c1ccccc1F. The first-order valence-electron chi connectivity index (χ1n) is 12.0. The molecule has 0 spiro atoms. The number of allylic oxidation sites excluding steroid dienone is 1. The van der Waals surface area contributed by atoms with Crippen LogP contribution in [0.4, 0.5) is 4.39 Å². The Balaban J connectivity index is 1.84. The number of esters is 1. The zero-order valence-corrected chi connectivity index (χ0v) is 20.8. The first kappa shape index (κ1) is 26.1. The zero-order chi connectivity index (χ0) is 25.5. The lowest BCUT2D eigenvalue weighted by atomic mass is 9.83. The number of carbonyl (C=O) groups excluding carboxylic acids is 3. The van der Waals surface area contributed by atoms with Gasteiger partial charge in [-0.1, -0.05) is 44.2 Å². The molecule has 7 heteroatoms. The predicted octanol–water partition coefficient (Wildman–Crippen LogP) is 4.95. The zero-order valence-electron chi connectivity index (χ0n) is 20.8. The molecule has 0 aromatic heterocycles. The highest BCUT2D eigenvalue weighted by molar-refractivity contribution is 5.96. The molecule has 1 N–H and O–H groups in total. The number of benzene rings is 2. The van der Waals surface area contributed by atoms with Crippen LogP contribution in [0.1, 0.15) is 67.9 Å². The summed E-state index contributed by atoms with van der Waals surface area (Å²) in [5.74, 6) is -1.57. The fourth-order valence-corrected chi connectivity index (χ4v) is 4.22. The summed E-state index contributed by atoms with van der Waals surface area (Å²) < 4.78 is 19.8. The van der Waals surface area contributed by atoms with Crippen molar-refractivity contribution < 1.29 is 23.5 Å². The van der Waals surface area contributed by atoms with E-state index in [0.29, 0.717) is 29.3 Å². The van der Waals surface area contributed by atoms with Crippen LogP contribution in [0.5, 0.6) is 0 Å². The van der Waals surface area contributed by atoms with Crippen LogP contribution in [-0.4, -0.2) is 35.8 Å². The number of carbonyl (C=O) groups is 3. The molecule has 1 atom stereocenters. The highest BCUT2D eigenvalue weighted by Crippen LogP contribution is 2.38. The van der Waals surface area contributed by atoms with E-state index in [-0.39, 0.29) is 37.0 Å². The van der Waals surface area contributed by atoms with E-state index in [2.05, 4.69) is 19.2 Å². The molecule has 186 valence electrons. The van der Waals surface area contributed by atoms with E-state index < -0.39 is 17.7 Å². The number of nitrogens with one attached hydrogen (secondary N) is 1. The van der Waals surface area contributed by atoms with Crippen molar-refractivity contribution in [1.29, 1.82) is 0 Å². The lowest BCUT2D eigenvalue weighted by Gasteiger charge is -2.34. The molecular weight excluding hydrogens is 447 g/mol. The van der Waals surface area contributed by atoms with Crippen molar-refractivity contribution in [2.45, 2.75) is 53.0 Å². The van der Waals surface area contributed by atoms with E-state index in [1.807, 2.05) is 0 Å². The lowest BCUT2D eigenvalue weighted by Crippen LogP contribution is -2.38. The normalized spacial score (nSPS) is 16.0. The second-order valence-electron chi connectivity index (χ2n) is 9.11. The summed E-state index contributed by atoms with van der Waals surface area (Å²) >= 11 is 0. The Bertz CT molecular complexity index is 1110. The molecule has 0 saturated heterocycles. The molecule has 1 heterocycles. The average molecular weight is 481 g/mol. The van der Waals surface area contributed by atoms with Crippen LogP contribution in [0.15, 0.2) is 59.8 Å². The second kappa shape index (κ2) is 11.8. The smallest absolute Gasteiger partial charge is 0.336 e. The predicted molar refractivity (Wildman–Crippen MR) is 132 cm³/mol. The quantitative estimate of drug-likeness (QED) is 0.515. The standard InChI is InChI=1S/C28H33FN2O4/c1-5-35-28(34)26-19(4)31(25(32)16-23(26)22-8-6-7-9-24(22)29)17-20-10-12-21(13-11-20)27(33)30-15-14-18(2)3/h6-13,18,23H,5,14-17H2,1-4H3,(H,30,33). The van der Waals surface area contributed by atoms with Crippen molar-refractivity contribution in [3.8, 4) is 0 Å². The number of rotatable bonds is 9. The van der Waals surface area contributed by atoms with Gasteiger partial charge in [-0.2, -0.15) is 0 Å². The van der Waals surface area contributed by atoms with Gasteiger partial charge in [0.2, 0.25) is 5.91 Å². The first-order chi connectivity index (χ1) is 16.7. The maximum Gasteiger partial charge on any atom is 0.336 e. The topological polar surface area (TPSA) is 75.7 Å². The fraction of sp³-hybridized carbons (Fsp3) is 0.393. The Hall–Kier alpha value is -3.48. The van der Waals surface area contributed by atoms with Gasteiger partial charge in [-0.3, -0.25) is 9.59 Å². The number of nitrogens with zero attached hydrogens (tertiary/aromatic N) is 1. The van der Waals surface area contributed by atoms with E-state index in [0.717, 1.165) is 12.0 Å². The van der Waals surface area contributed by atoms with Crippen LogP contribution in [0.25, 0.3) is 0 Å². The molecule has 35 heavy (non-hydrogen) atoms. The molecule has 0 bridgehead atoms. The number of halogens is 1. The van der Waals surface area contributed by atoms with Gasteiger partial charge in [0.1, 0.15) is 5.82 Å². The summed E-state index contributed by atoms with van der Waals surface area (Å²) in [4.78, 5) is 39.9. The molecule has 0 fully saturated rings. The third kappa shape index (κ3) is 6.35. The Morgan fingerprint density at radius 3 is 2.46 bits per heavy atom. The van der Waals surface area contributed by atoms with Crippen molar-refractivity contribution in [2.24, 2.45) is 5.92 Å². The summed E-state index contributed by atoms with van der Waals surface area (Å²) in [6, 6.07) is 13.2. The number of ether oxygens (including phenoxy) is 1. The van der Waals surface area contributed by atoms with Gasteiger partial charge in [0, 0.05) is 30.1 Å². The van der Waals surface area contributed by atoms with Gasteiger partial charge in [-0.05, 0) is 55.5 Å². The minimum Gasteiger partial charge on any atom is -0.463 e. The van der Waals surface area contributed by atoms with Crippen molar-refractivity contribution in [2.75, 3.05) is 13.2 Å². The molecule has 0 saturated carbocycles. The Kier molecular flexibility index (Phi) is 8.79. The Morgan fingerprint density at radius 2 is 1.83 bits per heavy atom. The summed E-state index contributed by atoms with van der Waals surface area (Å²) in [6.45, 7) is 8.62. The molecular formula is C28H33FN2O4. The minimum atomic E-state index is -0.712. The number of amides is 2. The van der Waals surface area contributed by atoms with Gasteiger partial charge in [0.15, 0.2) is 0 Å². The molecule has 2 amide bonds. The van der Waals surface area contributed by atoms with Crippen molar-refractivity contribution in [3.63, 3.8) is 0 Å². The van der Waals surface area contributed by atoms with E-state index >= 15 is 0 Å². The molecule has 1 aliphatic rings. The number of hydrogen-bond donors (Lipinski definition) is 1. The molecule has 0 radical (unpaired) electrons. The maximum absolute atomic E-state index is 14.6. The summed E-state index contributed by atoms with van der Waals surface area (Å²) in [7, 11) is 0. The summed E-state index contributed by atoms with van der Waals surface area (Å²) in [6.07, 6.45) is 0.867. The van der Waals surface area contributed by atoms with Crippen molar-refractivity contribution in [1.82, 2.24) is 10.2 Å². The maximum atomic E-state index is 14.6. The van der Waals surface area contributed by atoms with Gasteiger partial charge >= 0.3 is 5.97 Å². The van der Waals surface area contributed by atoms with Crippen LogP contribution in [-0.2, 0) is 20.9 Å². The minimum absolute atomic E-state index is 0.0389. The third-order valence-corrected chi connectivity index (χ3v) is 6.16. The van der Waals surface area contributed by atoms with E-state index in [1.165, 1.54) is 11.0 Å². The second-order valence-corrected chi connectivity index (χ2v) is 9.11. The van der Waals surface area contributed by atoms with E-state index in [1.54, 1.807) is 56.3 Å². The highest BCUT2D eigenvalue weighted by atomic mass is 19.1. The lowest BCUT2D eigenvalue weighted by molar-refractivity contribution is -0.140. The molecule has 6 nitrogen and oxygen atoms in total. The van der Waals surface area contributed by atoms with Gasteiger partial charge < -0.3 is 15.0 Å². The van der Waals surface area contributed by atoms with Crippen molar-refractivity contribution >= 4 is 17.8 Å². The average Bonchev–Trinajstić information content (AvgIpc) is 2.82. The van der Waals surface area contributed by atoms with Crippen LogP contribution in [0.2, 0.25) is 0 Å². The molecule has 1 aliphatic heterocycles. The van der Waals surface area contributed by atoms with Gasteiger partial charge in [-0.25, -0.2) is 9.18 Å². The third-order valence-electron chi connectivity index (χ3n) is 6.16. The molecule has 0 aliphatic carbocycles. The van der Waals surface area contributed by atoms with Crippen LogP contribution < -0.4 is 5.32 Å². The Labute approximate surface area is 206 Å². The summed E-state index contributed by atoms with van der Waals surface area (Å²) in [5.41, 5.74) is 2.39. The molecule has 2 aromatic rings. The van der Waals surface area contributed by atoms with Gasteiger partial charge in [0.05, 0.1) is 18.7 Å². The first-order valence-corrected chi connectivity index (χ1v) is 12.0. The fourth-order valence-electron chi connectivity index (χ4n) is 4.22.